The lowest BCUT2D eigenvalue weighted by molar-refractivity contribution is -0.121. The van der Waals surface area contributed by atoms with Gasteiger partial charge in [0, 0.05) is 4.47 Å². The molecule has 0 spiro atoms. The molecule has 0 bridgehead atoms. The molecule has 0 saturated carbocycles. The zero-order valence-corrected chi connectivity index (χ0v) is 12.0. The van der Waals surface area contributed by atoms with Gasteiger partial charge in [0.1, 0.15) is 6.29 Å². The van der Waals surface area contributed by atoms with Crippen LogP contribution < -0.4 is 5.48 Å². The fourth-order valence-electron chi connectivity index (χ4n) is 1.24. The average molecular weight is 300 g/mol. The third kappa shape index (κ3) is 5.96. The largest absolute Gasteiger partial charge is 0.302 e. The Bertz CT molecular complexity index is 357. The maximum Gasteiger partial charge on any atom is 0.139 e. The molecule has 3 nitrogen and oxygen atoms in total. The SMILES string of the molecule is CC(C)(C)ONC(C=O)Cc1ccc(Br)cc1. The minimum Gasteiger partial charge on any atom is -0.302 e. The molecule has 94 valence electrons. The van der Waals surface area contributed by atoms with Crippen molar-refractivity contribution in [3.63, 3.8) is 0 Å². The van der Waals surface area contributed by atoms with E-state index < -0.39 is 0 Å². The second-order valence-electron chi connectivity index (χ2n) is 4.91. The quantitative estimate of drug-likeness (QED) is 0.671. The second kappa shape index (κ2) is 6.28. The Balaban J connectivity index is 2.52. The van der Waals surface area contributed by atoms with Crippen molar-refractivity contribution < 1.29 is 9.63 Å². The summed E-state index contributed by atoms with van der Waals surface area (Å²) >= 11 is 3.38. The lowest BCUT2D eigenvalue weighted by atomic mass is 10.1. The highest BCUT2D eigenvalue weighted by molar-refractivity contribution is 9.10. The molecule has 0 aliphatic rings. The normalized spacial score (nSPS) is 13.4. The highest BCUT2D eigenvalue weighted by atomic mass is 79.9. The summed E-state index contributed by atoms with van der Waals surface area (Å²) in [4.78, 5) is 16.3. The van der Waals surface area contributed by atoms with Crippen LogP contribution in [0, 0.1) is 0 Å². The molecule has 0 amide bonds. The Morgan fingerprint density at radius 1 is 1.35 bits per heavy atom. The minimum atomic E-state index is -0.324. The summed E-state index contributed by atoms with van der Waals surface area (Å²) in [6.45, 7) is 5.80. The van der Waals surface area contributed by atoms with Crippen LogP contribution in [0.1, 0.15) is 26.3 Å². The van der Waals surface area contributed by atoms with Crippen LogP contribution in [-0.2, 0) is 16.1 Å². The van der Waals surface area contributed by atoms with Gasteiger partial charge in [-0.3, -0.25) is 4.84 Å². The predicted molar refractivity (Wildman–Crippen MR) is 71.7 cm³/mol. The van der Waals surface area contributed by atoms with E-state index in [-0.39, 0.29) is 11.6 Å². The topological polar surface area (TPSA) is 38.3 Å². The summed E-state index contributed by atoms with van der Waals surface area (Å²) in [7, 11) is 0. The molecule has 4 heteroatoms. The maximum absolute atomic E-state index is 10.9. The number of nitrogens with one attached hydrogen (secondary N) is 1. The van der Waals surface area contributed by atoms with Crippen LogP contribution in [-0.4, -0.2) is 17.9 Å². The van der Waals surface area contributed by atoms with Crippen molar-refractivity contribution in [2.45, 2.75) is 38.8 Å². The average Bonchev–Trinajstić information content (AvgIpc) is 2.25. The zero-order chi connectivity index (χ0) is 12.9. The van der Waals surface area contributed by atoms with Crippen LogP contribution in [0.5, 0.6) is 0 Å². The van der Waals surface area contributed by atoms with Gasteiger partial charge in [-0.25, -0.2) is 0 Å². The Morgan fingerprint density at radius 2 is 1.94 bits per heavy atom. The van der Waals surface area contributed by atoms with Crippen LogP contribution in [0.2, 0.25) is 0 Å². The van der Waals surface area contributed by atoms with Crippen LogP contribution in [0.15, 0.2) is 28.7 Å². The van der Waals surface area contributed by atoms with Gasteiger partial charge in [0.25, 0.3) is 0 Å². The molecule has 17 heavy (non-hydrogen) atoms. The van der Waals surface area contributed by atoms with Crippen LogP contribution in [0.3, 0.4) is 0 Å². The zero-order valence-electron chi connectivity index (χ0n) is 10.4. The molecule has 0 aliphatic heterocycles. The van der Waals surface area contributed by atoms with E-state index in [1.54, 1.807) is 0 Å². The highest BCUT2D eigenvalue weighted by Crippen LogP contribution is 2.12. The van der Waals surface area contributed by atoms with Gasteiger partial charge in [0.05, 0.1) is 11.6 Å². The van der Waals surface area contributed by atoms with Gasteiger partial charge in [-0.1, -0.05) is 28.1 Å². The smallest absolute Gasteiger partial charge is 0.139 e. The van der Waals surface area contributed by atoms with Crippen molar-refractivity contribution in [2.24, 2.45) is 0 Å². The van der Waals surface area contributed by atoms with E-state index in [9.17, 15) is 4.79 Å². The summed E-state index contributed by atoms with van der Waals surface area (Å²) in [5, 5.41) is 0. The Labute approximate surface area is 111 Å². The molecule has 1 aromatic rings. The van der Waals surface area contributed by atoms with Gasteiger partial charge in [0.2, 0.25) is 0 Å². The third-order valence-corrected chi connectivity index (χ3v) is 2.58. The first kappa shape index (κ1) is 14.4. The van der Waals surface area contributed by atoms with Gasteiger partial charge in [-0.15, -0.1) is 0 Å². The number of carbonyl (C=O) groups is 1. The predicted octanol–water partition coefficient (Wildman–Crippen LogP) is 2.88. The molecule has 1 N–H and O–H groups in total. The third-order valence-electron chi connectivity index (χ3n) is 2.05. The van der Waals surface area contributed by atoms with Gasteiger partial charge in [-0.05, 0) is 44.9 Å². The van der Waals surface area contributed by atoms with E-state index in [0.717, 1.165) is 16.3 Å². The van der Waals surface area contributed by atoms with E-state index in [1.807, 2.05) is 45.0 Å². The summed E-state index contributed by atoms with van der Waals surface area (Å²) < 4.78 is 1.03. The number of carbonyl (C=O) groups excluding carboxylic acids is 1. The van der Waals surface area contributed by atoms with Crippen molar-refractivity contribution in [3.8, 4) is 0 Å². The number of hydroxylamine groups is 1. The fourth-order valence-corrected chi connectivity index (χ4v) is 1.51. The van der Waals surface area contributed by atoms with Crippen molar-refractivity contribution in [1.82, 2.24) is 5.48 Å². The Morgan fingerprint density at radius 3 is 2.41 bits per heavy atom. The van der Waals surface area contributed by atoms with Gasteiger partial charge >= 0.3 is 0 Å². The number of hydrogen-bond donors (Lipinski definition) is 1. The Kier molecular flexibility index (Phi) is 5.31. The van der Waals surface area contributed by atoms with Crippen molar-refractivity contribution in [1.29, 1.82) is 0 Å². The summed E-state index contributed by atoms with van der Waals surface area (Å²) in [5.41, 5.74) is 3.58. The van der Waals surface area contributed by atoms with Gasteiger partial charge in [0.15, 0.2) is 0 Å². The molecule has 1 rings (SSSR count). The fraction of sp³-hybridized carbons (Fsp3) is 0.462. The second-order valence-corrected chi connectivity index (χ2v) is 5.82. The van der Waals surface area contributed by atoms with E-state index in [4.69, 9.17) is 4.84 Å². The number of benzene rings is 1. The standard InChI is InChI=1S/C13H18BrNO2/c1-13(2,3)17-15-12(9-16)8-10-4-6-11(14)7-5-10/h4-7,9,12,15H,8H2,1-3H3. The molecule has 0 saturated heterocycles. The van der Waals surface area contributed by atoms with E-state index >= 15 is 0 Å². The molecular formula is C13H18BrNO2. The first-order valence-electron chi connectivity index (χ1n) is 5.54. The van der Waals surface area contributed by atoms with Crippen molar-refractivity contribution in [2.75, 3.05) is 0 Å². The summed E-state index contributed by atoms with van der Waals surface area (Å²) in [6, 6.07) is 7.57. The van der Waals surface area contributed by atoms with E-state index in [0.29, 0.717) is 6.42 Å². The molecule has 0 radical (unpaired) electrons. The lowest BCUT2D eigenvalue weighted by Crippen LogP contribution is -2.38. The lowest BCUT2D eigenvalue weighted by Gasteiger charge is -2.22. The summed E-state index contributed by atoms with van der Waals surface area (Å²) in [5.74, 6) is 0. The van der Waals surface area contributed by atoms with Crippen LogP contribution in [0.25, 0.3) is 0 Å². The molecule has 0 fully saturated rings. The molecule has 0 aliphatic carbocycles. The van der Waals surface area contributed by atoms with Crippen LogP contribution in [0.4, 0.5) is 0 Å². The molecule has 0 heterocycles. The molecular weight excluding hydrogens is 282 g/mol. The van der Waals surface area contributed by atoms with Crippen LogP contribution >= 0.6 is 15.9 Å². The molecule has 1 atom stereocenters. The monoisotopic (exact) mass is 299 g/mol. The number of hydrogen-bond acceptors (Lipinski definition) is 3. The summed E-state index contributed by atoms with van der Waals surface area (Å²) in [6.07, 6.45) is 1.49. The molecule has 0 aromatic heterocycles. The number of aldehydes is 1. The minimum absolute atomic E-state index is 0.305. The molecule has 1 aromatic carbocycles. The van der Waals surface area contributed by atoms with Gasteiger partial charge < -0.3 is 4.79 Å². The van der Waals surface area contributed by atoms with Gasteiger partial charge in [-0.2, -0.15) is 5.48 Å². The van der Waals surface area contributed by atoms with E-state index in [2.05, 4.69) is 21.4 Å². The van der Waals surface area contributed by atoms with Crippen molar-refractivity contribution >= 4 is 22.2 Å². The van der Waals surface area contributed by atoms with Crippen molar-refractivity contribution in [3.05, 3.63) is 34.3 Å². The highest BCUT2D eigenvalue weighted by Gasteiger charge is 2.15. The first-order chi connectivity index (χ1) is 7.90. The Hall–Kier alpha value is -0.710. The number of rotatable bonds is 5. The number of halogens is 1. The van der Waals surface area contributed by atoms with E-state index in [1.165, 1.54) is 0 Å². The first-order valence-corrected chi connectivity index (χ1v) is 6.33. The molecule has 1 unspecified atom stereocenters. The maximum atomic E-state index is 10.9.